The molecule has 4 N–H and O–H groups in total. The van der Waals surface area contributed by atoms with Gasteiger partial charge in [-0.3, -0.25) is 4.79 Å². The molecule has 5 heteroatoms. The molecule has 0 aliphatic carbocycles. The van der Waals surface area contributed by atoms with Gasteiger partial charge in [0.1, 0.15) is 6.04 Å². The first-order valence-electron chi connectivity index (χ1n) is 4.39. The molecule has 0 unspecified atom stereocenters. The zero-order valence-corrected chi connectivity index (χ0v) is 8.06. The van der Waals surface area contributed by atoms with Gasteiger partial charge in [0.2, 0.25) is 0 Å². The van der Waals surface area contributed by atoms with E-state index < -0.39 is 18.0 Å². The Morgan fingerprint density at radius 1 is 1.43 bits per heavy atom. The quantitative estimate of drug-likeness (QED) is 0.546. The van der Waals surface area contributed by atoms with E-state index in [9.17, 15) is 9.59 Å². The molecule has 0 saturated carbocycles. The molecule has 0 heterocycles. The van der Waals surface area contributed by atoms with Gasteiger partial charge >= 0.3 is 11.9 Å². The van der Waals surface area contributed by atoms with Crippen molar-refractivity contribution in [2.24, 2.45) is 5.73 Å². The van der Waals surface area contributed by atoms with Gasteiger partial charge in [0.25, 0.3) is 0 Å². The lowest BCUT2D eigenvalue weighted by Crippen LogP contribution is -2.31. The van der Waals surface area contributed by atoms with E-state index in [2.05, 4.69) is 0 Å². The monoisotopic (exact) mass is 201 g/mol. The maximum absolute atomic E-state index is 10.6. The lowest BCUT2D eigenvalue weighted by atomic mass is 10.1. The molecule has 0 aliphatic heterocycles. The number of rotatable bonds is 6. The van der Waals surface area contributed by atoms with Gasteiger partial charge < -0.3 is 15.9 Å². The van der Waals surface area contributed by atoms with Crippen molar-refractivity contribution < 1.29 is 19.8 Å². The lowest BCUT2D eigenvalue weighted by Gasteiger charge is -2.06. The fraction of sp³-hybridized carbons (Fsp3) is 0.556. The fourth-order valence-electron chi connectivity index (χ4n) is 0.901. The maximum atomic E-state index is 10.6. The molecular weight excluding hydrogens is 186 g/mol. The topological polar surface area (TPSA) is 101 Å². The van der Waals surface area contributed by atoms with Crippen molar-refractivity contribution in [2.45, 2.75) is 32.2 Å². The molecule has 0 fully saturated rings. The van der Waals surface area contributed by atoms with Crippen LogP contribution in [0.15, 0.2) is 11.6 Å². The Morgan fingerprint density at radius 3 is 2.36 bits per heavy atom. The molecule has 5 nitrogen and oxygen atoms in total. The van der Waals surface area contributed by atoms with Crippen LogP contribution < -0.4 is 5.73 Å². The third-order valence-electron chi connectivity index (χ3n) is 1.71. The summed E-state index contributed by atoms with van der Waals surface area (Å²) in [5.41, 5.74) is 5.29. The molecule has 0 bridgehead atoms. The number of aliphatic carboxylic acids is 2. The minimum atomic E-state index is -1.19. The normalized spacial score (nSPS) is 13.7. The highest BCUT2D eigenvalue weighted by molar-refractivity contribution is 5.88. The van der Waals surface area contributed by atoms with Gasteiger partial charge in [0.15, 0.2) is 0 Å². The van der Waals surface area contributed by atoms with Gasteiger partial charge in [-0.05, 0) is 6.42 Å². The first-order chi connectivity index (χ1) is 6.49. The van der Waals surface area contributed by atoms with Crippen molar-refractivity contribution >= 4 is 11.9 Å². The van der Waals surface area contributed by atoms with Crippen LogP contribution in [0.1, 0.15) is 26.2 Å². The predicted octanol–water partition coefficient (Wildman–Crippen LogP) is 0.599. The van der Waals surface area contributed by atoms with Crippen molar-refractivity contribution in [3.63, 3.8) is 0 Å². The molecule has 0 aromatic carbocycles. The van der Waals surface area contributed by atoms with Gasteiger partial charge in [-0.1, -0.05) is 19.4 Å². The second kappa shape index (κ2) is 6.15. The van der Waals surface area contributed by atoms with Crippen molar-refractivity contribution in [1.29, 1.82) is 0 Å². The Morgan fingerprint density at radius 2 is 2.00 bits per heavy atom. The van der Waals surface area contributed by atoms with Gasteiger partial charge in [0.05, 0.1) is 0 Å². The lowest BCUT2D eigenvalue weighted by molar-refractivity contribution is -0.138. The van der Waals surface area contributed by atoms with E-state index in [0.717, 1.165) is 6.42 Å². The summed E-state index contributed by atoms with van der Waals surface area (Å²) in [7, 11) is 0. The highest BCUT2D eigenvalue weighted by Crippen LogP contribution is 2.07. The average molecular weight is 201 g/mol. The van der Waals surface area contributed by atoms with E-state index in [-0.39, 0.29) is 12.0 Å². The highest BCUT2D eigenvalue weighted by Gasteiger charge is 2.17. The Hall–Kier alpha value is -1.36. The molecule has 0 aromatic heterocycles. The standard InChI is InChI=1S/C9H15NO4/c1-2-3-4-6(8(11)12)5-7(10)9(13)14/h4,7H,2-3,5,10H2,1H3,(H,11,12)(H,13,14)/t7-/m0/s1. The van der Waals surface area contributed by atoms with Crippen LogP contribution in [0.25, 0.3) is 0 Å². The molecule has 0 aliphatic rings. The summed E-state index contributed by atoms with van der Waals surface area (Å²) in [5.74, 6) is -2.29. The molecule has 1 atom stereocenters. The van der Waals surface area contributed by atoms with E-state index in [1.54, 1.807) is 0 Å². The van der Waals surface area contributed by atoms with Crippen LogP contribution in [0.2, 0.25) is 0 Å². The third-order valence-corrected chi connectivity index (χ3v) is 1.71. The first kappa shape index (κ1) is 12.6. The third kappa shape index (κ3) is 4.61. The fourth-order valence-corrected chi connectivity index (χ4v) is 0.901. The predicted molar refractivity (Wildman–Crippen MR) is 50.9 cm³/mol. The first-order valence-corrected chi connectivity index (χ1v) is 4.39. The summed E-state index contributed by atoms with van der Waals surface area (Å²) < 4.78 is 0. The van der Waals surface area contributed by atoms with Crippen molar-refractivity contribution in [1.82, 2.24) is 0 Å². The van der Waals surface area contributed by atoms with E-state index >= 15 is 0 Å². The molecular formula is C9H15NO4. The average Bonchev–Trinajstić information content (AvgIpc) is 2.10. The second-order valence-corrected chi connectivity index (χ2v) is 2.97. The Bertz CT molecular complexity index is 247. The number of carboxylic acid groups (broad SMARTS) is 2. The Balaban J connectivity index is 4.38. The Kier molecular flexibility index (Phi) is 5.55. The summed E-state index contributed by atoms with van der Waals surface area (Å²) in [6.07, 6.45) is 2.82. The number of allylic oxidation sites excluding steroid dienone is 1. The molecule has 0 rings (SSSR count). The number of nitrogens with two attached hydrogens (primary N) is 1. The van der Waals surface area contributed by atoms with Crippen LogP contribution in [0.5, 0.6) is 0 Å². The van der Waals surface area contributed by atoms with E-state index in [4.69, 9.17) is 15.9 Å². The smallest absolute Gasteiger partial charge is 0.331 e. The Labute approximate surface area is 82.2 Å². The summed E-state index contributed by atoms with van der Waals surface area (Å²) in [5, 5.41) is 17.2. The van der Waals surface area contributed by atoms with Crippen LogP contribution in [-0.2, 0) is 9.59 Å². The number of hydrogen-bond donors (Lipinski definition) is 3. The summed E-state index contributed by atoms with van der Waals surface area (Å²) in [4.78, 5) is 21.0. The largest absolute Gasteiger partial charge is 0.480 e. The van der Waals surface area contributed by atoms with Gasteiger partial charge in [-0.2, -0.15) is 0 Å². The van der Waals surface area contributed by atoms with Crippen molar-refractivity contribution in [2.75, 3.05) is 0 Å². The number of unbranched alkanes of at least 4 members (excludes halogenated alkanes) is 1. The number of hydrogen-bond acceptors (Lipinski definition) is 3. The minimum absolute atomic E-state index is 0.0711. The molecule has 0 spiro atoms. The van der Waals surface area contributed by atoms with Gasteiger partial charge in [-0.15, -0.1) is 0 Å². The minimum Gasteiger partial charge on any atom is -0.480 e. The van der Waals surface area contributed by atoms with Crippen LogP contribution in [-0.4, -0.2) is 28.2 Å². The number of carboxylic acids is 2. The maximum Gasteiger partial charge on any atom is 0.331 e. The zero-order valence-electron chi connectivity index (χ0n) is 8.06. The van der Waals surface area contributed by atoms with E-state index in [1.165, 1.54) is 6.08 Å². The SMILES string of the molecule is CCCC=C(C[C@H](N)C(=O)O)C(=O)O. The van der Waals surface area contributed by atoms with Crippen LogP contribution >= 0.6 is 0 Å². The number of carbonyl (C=O) groups is 2. The van der Waals surface area contributed by atoms with Gasteiger partial charge in [-0.25, -0.2) is 4.79 Å². The molecule has 80 valence electrons. The van der Waals surface area contributed by atoms with Crippen LogP contribution in [0.4, 0.5) is 0 Å². The highest BCUT2D eigenvalue weighted by atomic mass is 16.4. The summed E-state index contributed by atoms with van der Waals surface area (Å²) in [6.45, 7) is 1.91. The van der Waals surface area contributed by atoms with Gasteiger partial charge in [0, 0.05) is 12.0 Å². The summed E-state index contributed by atoms with van der Waals surface area (Å²) >= 11 is 0. The molecule has 0 saturated heterocycles. The van der Waals surface area contributed by atoms with E-state index in [1.807, 2.05) is 6.92 Å². The molecule has 14 heavy (non-hydrogen) atoms. The van der Waals surface area contributed by atoms with E-state index in [0.29, 0.717) is 6.42 Å². The molecule has 0 aromatic rings. The molecule has 0 radical (unpaired) electrons. The molecule has 0 amide bonds. The van der Waals surface area contributed by atoms with Crippen molar-refractivity contribution in [3.05, 3.63) is 11.6 Å². The van der Waals surface area contributed by atoms with Crippen molar-refractivity contribution in [3.8, 4) is 0 Å². The second-order valence-electron chi connectivity index (χ2n) is 2.97. The summed E-state index contributed by atoms with van der Waals surface area (Å²) in [6, 6.07) is -1.14. The zero-order chi connectivity index (χ0) is 11.1. The van der Waals surface area contributed by atoms with Crippen LogP contribution in [0.3, 0.4) is 0 Å². The van der Waals surface area contributed by atoms with Crippen LogP contribution in [0, 0.1) is 0 Å².